The molecule has 0 saturated heterocycles. The average Bonchev–Trinajstić information content (AvgIpc) is 1.99. The van der Waals surface area contributed by atoms with E-state index in [0.29, 0.717) is 0 Å². The second kappa shape index (κ2) is 5.22. The summed E-state index contributed by atoms with van der Waals surface area (Å²) in [6.45, 7) is -0.207. The summed E-state index contributed by atoms with van der Waals surface area (Å²) in [6, 6.07) is 0. The smallest absolute Gasteiger partial charge is 0.317 e. The van der Waals surface area contributed by atoms with Gasteiger partial charge < -0.3 is 10.1 Å². The van der Waals surface area contributed by atoms with Gasteiger partial charge >= 0.3 is 5.97 Å². The van der Waals surface area contributed by atoms with Gasteiger partial charge in [-0.3, -0.25) is 9.59 Å². The van der Waals surface area contributed by atoms with Gasteiger partial charge in [-0.1, -0.05) is 15.9 Å². The van der Waals surface area contributed by atoms with Crippen molar-refractivity contribution in [2.24, 2.45) is 0 Å². The molecular formula is C5H8BrNO3. The van der Waals surface area contributed by atoms with Crippen molar-refractivity contribution in [3.05, 3.63) is 0 Å². The molecule has 0 saturated carbocycles. The molecule has 0 aromatic heterocycles. The summed E-state index contributed by atoms with van der Waals surface area (Å²) >= 11 is 2.88. The normalized spacial score (nSPS) is 8.60. The molecule has 0 aliphatic heterocycles. The number of nitrogens with one attached hydrogen (secondary N) is 1. The van der Waals surface area contributed by atoms with Crippen LogP contribution in [-0.2, 0) is 14.3 Å². The molecule has 0 aliphatic rings. The quantitative estimate of drug-likeness (QED) is 0.512. The molecule has 0 rings (SSSR count). The van der Waals surface area contributed by atoms with E-state index >= 15 is 0 Å². The number of ether oxygens (including phenoxy) is 1. The van der Waals surface area contributed by atoms with Gasteiger partial charge in [-0.25, -0.2) is 0 Å². The van der Waals surface area contributed by atoms with E-state index in [-0.39, 0.29) is 17.8 Å². The number of hydrogen-bond donors (Lipinski definition) is 1. The molecule has 0 spiro atoms. The van der Waals surface area contributed by atoms with E-state index in [1.165, 1.54) is 7.05 Å². The van der Waals surface area contributed by atoms with Gasteiger partial charge in [0.1, 0.15) is 5.33 Å². The Bertz CT molecular complexity index is 121. The highest BCUT2D eigenvalue weighted by Gasteiger charge is 2.02. The zero-order chi connectivity index (χ0) is 7.98. The van der Waals surface area contributed by atoms with Crippen LogP contribution in [-0.4, -0.2) is 30.9 Å². The van der Waals surface area contributed by atoms with Crippen LogP contribution >= 0.6 is 15.9 Å². The lowest BCUT2D eigenvalue weighted by atomic mass is 10.6. The van der Waals surface area contributed by atoms with Crippen molar-refractivity contribution in [1.29, 1.82) is 0 Å². The summed E-state index contributed by atoms with van der Waals surface area (Å²) in [6.07, 6.45) is 0. The summed E-state index contributed by atoms with van der Waals surface area (Å²) < 4.78 is 4.45. The number of halogens is 1. The lowest BCUT2D eigenvalue weighted by molar-refractivity contribution is -0.145. The van der Waals surface area contributed by atoms with Crippen LogP contribution in [0, 0.1) is 0 Å². The SMILES string of the molecule is CNC(=O)COC(=O)CBr. The first kappa shape index (κ1) is 9.42. The van der Waals surface area contributed by atoms with Crippen LogP contribution in [0.15, 0.2) is 0 Å². The number of carbonyl (C=O) groups is 2. The molecule has 10 heavy (non-hydrogen) atoms. The molecule has 0 radical (unpaired) electrons. The molecule has 0 bridgehead atoms. The standard InChI is InChI=1S/C5H8BrNO3/c1-7-4(8)3-10-5(9)2-6/h2-3H2,1H3,(H,7,8). The predicted octanol–water partition coefficient (Wildman–Crippen LogP) is -0.330. The first-order valence-corrected chi connectivity index (χ1v) is 3.75. The van der Waals surface area contributed by atoms with Gasteiger partial charge in [0.25, 0.3) is 5.91 Å². The molecule has 4 nitrogen and oxygen atoms in total. The van der Waals surface area contributed by atoms with E-state index in [0.717, 1.165) is 0 Å². The van der Waals surface area contributed by atoms with Crippen molar-refractivity contribution in [1.82, 2.24) is 5.32 Å². The zero-order valence-electron chi connectivity index (χ0n) is 5.52. The number of amides is 1. The van der Waals surface area contributed by atoms with E-state index in [1.807, 2.05) is 0 Å². The highest BCUT2D eigenvalue weighted by molar-refractivity contribution is 9.09. The Labute approximate surface area is 67.1 Å². The monoisotopic (exact) mass is 209 g/mol. The van der Waals surface area contributed by atoms with Crippen molar-refractivity contribution in [2.45, 2.75) is 0 Å². The minimum absolute atomic E-state index is 0.115. The molecular weight excluding hydrogens is 202 g/mol. The molecule has 58 valence electrons. The number of alkyl halides is 1. The van der Waals surface area contributed by atoms with Gasteiger partial charge in [-0.2, -0.15) is 0 Å². The maximum absolute atomic E-state index is 10.4. The summed E-state index contributed by atoms with van der Waals surface area (Å²) in [4.78, 5) is 20.8. The second-order valence-electron chi connectivity index (χ2n) is 1.47. The zero-order valence-corrected chi connectivity index (χ0v) is 7.10. The van der Waals surface area contributed by atoms with Crippen LogP contribution in [0.4, 0.5) is 0 Å². The van der Waals surface area contributed by atoms with Gasteiger partial charge in [-0.15, -0.1) is 0 Å². The third-order valence-electron chi connectivity index (χ3n) is 0.752. The molecule has 0 aliphatic carbocycles. The first-order chi connectivity index (χ1) is 4.70. The van der Waals surface area contributed by atoms with Gasteiger partial charge in [-0.05, 0) is 0 Å². The van der Waals surface area contributed by atoms with Crippen LogP contribution in [0.2, 0.25) is 0 Å². The van der Waals surface area contributed by atoms with Crippen LogP contribution < -0.4 is 5.32 Å². The van der Waals surface area contributed by atoms with Gasteiger partial charge in [0.15, 0.2) is 6.61 Å². The van der Waals surface area contributed by atoms with Crippen molar-refractivity contribution in [2.75, 3.05) is 19.0 Å². The summed E-state index contributed by atoms with van der Waals surface area (Å²) in [5, 5.41) is 2.43. The van der Waals surface area contributed by atoms with Crippen LogP contribution in [0.5, 0.6) is 0 Å². The van der Waals surface area contributed by atoms with Gasteiger partial charge in [0.05, 0.1) is 0 Å². The molecule has 0 atom stereocenters. The number of carbonyl (C=O) groups excluding carboxylic acids is 2. The van der Waals surface area contributed by atoms with Crippen LogP contribution in [0.25, 0.3) is 0 Å². The predicted molar refractivity (Wildman–Crippen MR) is 38.8 cm³/mol. The van der Waals surface area contributed by atoms with Crippen molar-refractivity contribution < 1.29 is 14.3 Å². The fourth-order valence-electron chi connectivity index (χ4n) is 0.257. The molecule has 0 unspecified atom stereocenters. The highest BCUT2D eigenvalue weighted by atomic mass is 79.9. The van der Waals surface area contributed by atoms with Gasteiger partial charge in [0, 0.05) is 7.05 Å². The third-order valence-corrected chi connectivity index (χ3v) is 1.21. The Kier molecular flexibility index (Phi) is 4.92. The molecule has 0 aromatic rings. The second-order valence-corrected chi connectivity index (χ2v) is 2.03. The van der Waals surface area contributed by atoms with E-state index in [4.69, 9.17) is 0 Å². The molecule has 0 fully saturated rings. The Balaban J connectivity index is 3.35. The Hall–Kier alpha value is -0.580. The maximum Gasteiger partial charge on any atom is 0.317 e. The highest BCUT2D eigenvalue weighted by Crippen LogP contribution is 1.84. The van der Waals surface area contributed by atoms with Gasteiger partial charge in [0.2, 0.25) is 0 Å². The largest absolute Gasteiger partial charge is 0.455 e. The Morgan fingerprint density at radius 2 is 2.20 bits per heavy atom. The number of rotatable bonds is 3. The lowest BCUT2D eigenvalue weighted by Crippen LogP contribution is -2.25. The van der Waals surface area contributed by atoms with Crippen molar-refractivity contribution >= 4 is 27.8 Å². The van der Waals surface area contributed by atoms with E-state index in [2.05, 4.69) is 26.0 Å². The van der Waals surface area contributed by atoms with Crippen LogP contribution in [0.1, 0.15) is 0 Å². The van der Waals surface area contributed by atoms with Crippen molar-refractivity contribution in [3.63, 3.8) is 0 Å². The fourth-order valence-corrected chi connectivity index (χ4v) is 0.419. The van der Waals surface area contributed by atoms with E-state index < -0.39 is 5.97 Å². The Morgan fingerprint density at radius 1 is 1.60 bits per heavy atom. The molecule has 1 amide bonds. The summed E-state index contributed by atoms with van der Waals surface area (Å²) in [5.41, 5.74) is 0. The Morgan fingerprint density at radius 3 is 2.60 bits per heavy atom. The molecule has 1 N–H and O–H groups in total. The van der Waals surface area contributed by atoms with Crippen molar-refractivity contribution in [3.8, 4) is 0 Å². The van der Waals surface area contributed by atoms with E-state index in [1.54, 1.807) is 0 Å². The third kappa shape index (κ3) is 4.31. The van der Waals surface area contributed by atoms with E-state index in [9.17, 15) is 9.59 Å². The topological polar surface area (TPSA) is 55.4 Å². The lowest BCUT2D eigenvalue weighted by Gasteiger charge is -1.99. The summed E-state index contributed by atoms with van der Waals surface area (Å²) in [7, 11) is 1.48. The first-order valence-electron chi connectivity index (χ1n) is 2.63. The molecule has 0 aromatic carbocycles. The number of likely N-dealkylation sites (N-methyl/N-ethyl adjacent to an activating group) is 1. The molecule has 5 heteroatoms. The summed E-state index contributed by atoms with van der Waals surface area (Å²) in [5.74, 6) is -0.752. The fraction of sp³-hybridized carbons (Fsp3) is 0.600. The number of hydrogen-bond acceptors (Lipinski definition) is 3. The number of esters is 1. The van der Waals surface area contributed by atoms with Crippen LogP contribution in [0.3, 0.4) is 0 Å². The average molecular weight is 210 g/mol. The minimum Gasteiger partial charge on any atom is -0.455 e. The molecule has 0 heterocycles. The minimum atomic E-state index is -0.441. The maximum atomic E-state index is 10.4.